The molecule has 100 valence electrons. The number of aliphatic carboxylic acids is 1. The maximum Gasteiger partial charge on any atom is 0.306 e. The van der Waals surface area contributed by atoms with Gasteiger partial charge in [-0.15, -0.1) is 0 Å². The molecule has 2 unspecified atom stereocenters. The van der Waals surface area contributed by atoms with Crippen molar-refractivity contribution in [2.75, 3.05) is 13.1 Å². The molecule has 0 heterocycles. The number of carboxylic acid groups (broad SMARTS) is 1. The van der Waals surface area contributed by atoms with Crippen LogP contribution in [0.4, 0.5) is 0 Å². The molecule has 5 nitrogen and oxygen atoms in total. The molecule has 0 fully saturated rings. The molecule has 17 heavy (non-hydrogen) atoms. The summed E-state index contributed by atoms with van der Waals surface area (Å²) in [6.07, 6.45) is 2.58. The lowest BCUT2D eigenvalue weighted by Gasteiger charge is -2.14. The van der Waals surface area contributed by atoms with E-state index in [0.29, 0.717) is 19.0 Å². The van der Waals surface area contributed by atoms with E-state index < -0.39 is 5.97 Å². The molecule has 0 aromatic heterocycles. The zero-order valence-corrected chi connectivity index (χ0v) is 11.0. The minimum absolute atomic E-state index is 0.0188. The molecule has 2 atom stereocenters. The molecule has 3 N–H and O–H groups in total. The van der Waals surface area contributed by atoms with Gasteiger partial charge in [-0.3, -0.25) is 9.59 Å². The second kappa shape index (κ2) is 8.98. The summed E-state index contributed by atoms with van der Waals surface area (Å²) in [5.41, 5.74) is 0. The maximum atomic E-state index is 10.6. The molecule has 0 aromatic carbocycles. The van der Waals surface area contributed by atoms with Crippen molar-refractivity contribution in [3.05, 3.63) is 0 Å². The third-order valence-electron chi connectivity index (χ3n) is 2.69. The van der Waals surface area contributed by atoms with Gasteiger partial charge in [-0.05, 0) is 19.8 Å². The Balaban J connectivity index is 3.43. The van der Waals surface area contributed by atoms with Crippen LogP contribution in [0.5, 0.6) is 0 Å². The highest BCUT2D eigenvalue weighted by Crippen LogP contribution is 2.09. The standard InChI is InChI=1S/C12H24N2O3/c1-9(12(16)17)5-4-6-10(2)13-7-8-14-11(3)15/h9-10,13H,4-8H2,1-3H3,(H,14,15)(H,16,17). The minimum Gasteiger partial charge on any atom is -0.481 e. The van der Waals surface area contributed by atoms with E-state index >= 15 is 0 Å². The number of carbonyl (C=O) groups is 2. The molecular weight excluding hydrogens is 220 g/mol. The number of carboxylic acids is 1. The van der Waals surface area contributed by atoms with E-state index in [1.165, 1.54) is 6.92 Å². The fraction of sp³-hybridized carbons (Fsp3) is 0.833. The highest BCUT2D eigenvalue weighted by Gasteiger charge is 2.10. The average molecular weight is 244 g/mol. The van der Waals surface area contributed by atoms with Crippen LogP contribution in [0.1, 0.15) is 40.0 Å². The summed E-state index contributed by atoms with van der Waals surface area (Å²) in [4.78, 5) is 21.2. The van der Waals surface area contributed by atoms with Crippen LogP contribution >= 0.6 is 0 Å². The van der Waals surface area contributed by atoms with Gasteiger partial charge < -0.3 is 15.7 Å². The van der Waals surface area contributed by atoms with E-state index in [2.05, 4.69) is 17.6 Å². The molecule has 1 amide bonds. The van der Waals surface area contributed by atoms with Crippen molar-refractivity contribution >= 4 is 11.9 Å². The van der Waals surface area contributed by atoms with Crippen LogP contribution in [0.3, 0.4) is 0 Å². The number of hydrogen-bond donors (Lipinski definition) is 3. The monoisotopic (exact) mass is 244 g/mol. The van der Waals surface area contributed by atoms with Crippen molar-refractivity contribution in [1.29, 1.82) is 0 Å². The lowest BCUT2D eigenvalue weighted by molar-refractivity contribution is -0.141. The lowest BCUT2D eigenvalue weighted by atomic mass is 10.0. The van der Waals surface area contributed by atoms with Gasteiger partial charge in [0.1, 0.15) is 0 Å². The Kier molecular flexibility index (Phi) is 8.40. The van der Waals surface area contributed by atoms with E-state index in [0.717, 1.165) is 19.4 Å². The number of carbonyl (C=O) groups excluding carboxylic acids is 1. The Bertz CT molecular complexity index is 244. The number of hydrogen-bond acceptors (Lipinski definition) is 3. The van der Waals surface area contributed by atoms with Crippen LogP contribution in [0.15, 0.2) is 0 Å². The zero-order chi connectivity index (χ0) is 13.3. The highest BCUT2D eigenvalue weighted by atomic mass is 16.4. The third-order valence-corrected chi connectivity index (χ3v) is 2.69. The summed E-state index contributed by atoms with van der Waals surface area (Å²) in [6, 6.07) is 0.352. The van der Waals surface area contributed by atoms with Crippen molar-refractivity contribution in [2.24, 2.45) is 5.92 Å². The predicted octanol–water partition coefficient (Wildman–Crippen LogP) is 0.992. The topological polar surface area (TPSA) is 78.4 Å². The van der Waals surface area contributed by atoms with Crippen LogP contribution in [0.25, 0.3) is 0 Å². The van der Waals surface area contributed by atoms with Gasteiger partial charge in [-0.2, -0.15) is 0 Å². The van der Waals surface area contributed by atoms with Gasteiger partial charge in [0.25, 0.3) is 0 Å². The second-order valence-electron chi connectivity index (χ2n) is 4.51. The average Bonchev–Trinajstić information content (AvgIpc) is 2.23. The summed E-state index contributed by atoms with van der Waals surface area (Å²) < 4.78 is 0. The molecule has 0 aliphatic rings. The summed E-state index contributed by atoms with van der Waals surface area (Å²) in [7, 11) is 0. The Morgan fingerprint density at radius 1 is 1.18 bits per heavy atom. The lowest BCUT2D eigenvalue weighted by Crippen LogP contribution is -2.34. The van der Waals surface area contributed by atoms with Crippen molar-refractivity contribution in [1.82, 2.24) is 10.6 Å². The Labute approximate surface area is 103 Å². The molecule has 0 aliphatic carbocycles. The first-order valence-corrected chi connectivity index (χ1v) is 6.14. The Morgan fingerprint density at radius 3 is 2.35 bits per heavy atom. The van der Waals surface area contributed by atoms with Gasteiger partial charge in [-0.25, -0.2) is 0 Å². The predicted molar refractivity (Wildman–Crippen MR) is 66.8 cm³/mol. The smallest absolute Gasteiger partial charge is 0.306 e. The van der Waals surface area contributed by atoms with Gasteiger partial charge in [0, 0.05) is 26.1 Å². The van der Waals surface area contributed by atoms with E-state index in [4.69, 9.17) is 5.11 Å². The molecule has 0 bridgehead atoms. The highest BCUT2D eigenvalue weighted by molar-refractivity contribution is 5.72. The normalized spacial score (nSPS) is 14.1. The summed E-state index contributed by atoms with van der Waals surface area (Å²) >= 11 is 0. The first kappa shape index (κ1) is 15.9. The first-order valence-electron chi connectivity index (χ1n) is 6.14. The van der Waals surface area contributed by atoms with Crippen molar-refractivity contribution in [3.8, 4) is 0 Å². The van der Waals surface area contributed by atoms with Gasteiger partial charge in [0.2, 0.25) is 5.91 Å². The maximum absolute atomic E-state index is 10.6. The van der Waals surface area contributed by atoms with E-state index in [1.807, 2.05) is 0 Å². The molecular formula is C12H24N2O3. The van der Waals surface area contributed by atoms with Crippen LogP contribution in [0, 0.1) is 5.92 Å². The Morgan fingerprint density at radius 2 is 1.82 bits per heavy atom. The van der Waals surface area contributed by atoms with Crippen LogP contribution in [-0.4, -0.2) is 36.1 Å². The largest absolute Gasteiger partial charge is 0.481 e. The molecule has 0 aliphatic heterocycles. The number of amides is 1. The molecule has 0 spiro atoms. The van der Waals surface area contributed by atoms with Gasteiger partial charge >= 0.3 is 5.97 Å². The first-order chi connectivity index (χ1) is 7.93. The van der Waals surface area contributed by atoms with Crippen LogP contribution < -0.4 is 10.6 Å². The SMILES string of the molecule is CC(=O)NCCNC(C)CCCC(C)C(=O)O. The van der Waals surface area contributed by atoms with Crippen molar-refractivity contribution < 1.29 is 14.7 Å². The van der Waals surface area contributed by atoms with E-state index in [9.17, 15) is 9.59 Å². The quantitative estimate of drug-likeness (QED) is 0.529. The molecule has 0 saturated carbocycles. The number of rotatable bonds is 9. The minimum atomic E-state index is -0.726. The summed E-state index contributed by atoms with van der Waals surface area (Å²) in [5, 5.41) is 14.7. The molecule has 0 rings (SSSR count). The van der Waals surface area contributed by atoms with Crippen molar-refractivity contribution in [2.45, 2.75) is 46.1 Å². The summed E-state index contributed by atoms with van der Waals surface area (Å²) in [6.45, 7) is 6.67. The fourth-order valence-electron chi connectivity index (χ4n) is 1.51. The molecule has 0 radical (unpaired) electrons. The second-order valence-corrected chi connectivity index (χ2v) is 4.51. The van der Waals surface area contributed by atoms with Gasteiger partial charge in [0.05, 0.1) is 5.92 Å². The van der Waals surface area contributed by atoms with Crippen molar-refractivity contribution in [3.63, 3.8) is 0 Å². The number of nitrogens with one attached hydrogen (secondary N) is 2. The van der Waals surface area contributed by atoms with Crippen LogP contribution in [-0.2, 0) is 9.59 Å². The summed E-state index contributed by atoms with van der Waals surface area (Å²) in [5.74, 6) is -1.01. The molecule has 0 saturated heterocycles. The molecule has 5 heteroatoms. The van der Waals surface area contributed by atoms with Gasteiger partial charge in [0.15, 0.2) is 0 Å². The third kappa shape index (κ3) is 9.81. The van der Waals surface area contributed by atoms with E-state index in [-0.39, 0.29) is 11.8 Å². The van der Waals surface area contributed by atoms with Crippen LogP contribution in [0.2, 0.25) is 0 Å². The van der Waals surface area contributed by atoms with Gasteiger partial charge in [-0.1, -0.05) is 13.3 Å². The fourth-order valence-corrected chi connectivity index (χ4v) is 1.51. The molecule has 0 aromatic rings. The Hall–Kier alpha value is -1.10. The zero-order valence-electron chi connectivity index (χ0n) is 11.0. The van der Waals surface area contributed by atoms with E-state index in [1.54, 1.807) is 6.92 Å².